The van der Waals surface area contributed by atoms with Crippen LogP contribution in [0.25, 0.3) is 0 Å². The molecule has 1 atom stereocenters. The molecule has 90 valence electrons. The molecule has 2 aliphatic heterocycles. The minimum absolute atomic E-state index is 0.0691. The number of carbonyl (C=O) groups excluding carboxylic acids is 2. The number of carbonyl (C=O) groups is 2. The van der Waals surface area contributed by atoms with Crippen molar-refractivity contribution in [2.75, 3.05) is 33.2 Å². The smallest absolute Gasteiger partial charge is 0.224 e. The zero-order valence-electron chi connectivity index (χ0n) is 9.74. The van der Waals surface area contributed by atoms with Crippen LogP contribution in [-0.4, -0.2) is 60.9 Å². The predicted octanol–water partition coefficient (Wildman–Crippen LogP) is -0.571. The van der Waals surface area contributed by atoms with Gasteiger partial charge in [0.2, 0.25) is 11.8 Å². The number of rotatable bonds is 2. The van der Waals surface area contributed by atoms with Gasteiger partial charge in [0, 0.05) is 45.1 Å². The van der Waals surface area contributed by atoms with E-state index >= 15 is 0 Å². The van der Waals surface area contributed by atoms with Crippen LogP contribution in [0.3, 0.4) is 0 Å². The number of likely N-dealkylation sites (N-methyl/N-ethyl adjacent to an activating group) is 1. The third-order valence-corrected chi connectivity index (χ3v) is 3.36. The average molecular weight is 225 g/mol. The van der Waals surface area contributed by atoms with Gasteiger partial charge < -0.3 is 15.1 Å². The van der Waals surface area contributed by atoms with Gasteiger partial charge in [0.1, 0.15) is 0 Å². The molecule has 5 nitrogen and oxygen atoms in total. The fourth-order valence-electron chi connectivity index (χ4n) is 2.23. The summed E-state index contributed by atoms with van der Waals surface area (Å²) in [6, 6.07) is 0.0691. The second-order valence-corrected chi connectivity index (χ2v) is 4.69. The van der Waals surface area contributed by atoms with Gasteiger partial charge in [-0.25, -0.2) is 0 Å². The van der Waals surface area contributed by atoms with E-state index in [9.17, 15) is 9.59 Å². The first kappa shape index (κ1) is 11.4. The summed E-state index contributed by atoms with van der Waals surface area (Å²) in [7, 11) is 2.07. The van der Waals surface area contributed by atoms with Crippen molar-refractivity contribution >= 4 is 11.8 Å². The molecular formula is C11H19N3O2. The Labute approximate surface area is 95.8 Å². The zero-order chi connectivity index (χ0) is 11.5. The molecule has 2 amide bonds. The van der Waals surface area contributed by atoms with Crippen LogP contribution in [0.15, 0.2) is 0 Å². The van der Waals surface area contributed by atoms with Gasteiger partial charge in [0.15, 0.2) is 0 Å². The Hall–Kier alpha value is -1.10. The van der Waals surface area contributed by atoms with Crippen molar-refractivity contribution in [2.24, 2.45) is 0 Å². The van der Waals surface area contributed by atoms with E-state index in [4.69, 9.17) is 0 Å². The summed E-state index contributed by atoms with van der Waals surface area (Å²) in [6.45, 7) is 3.53. The van der Waals surface area contributed by atoms with Gasteiger partial charge in [-0.2, -0.15) is 0 Å². The van der Waals surface area contributed by atoms with Crippen molar-refractivity contribution in [3.05, 3.63) is 0 Å². The third-order valence-electron chi connectivity index (χ3n) is 3.36. The maximum absolute atomic E-state index is 11.9. The number of hydrogen-bond donors (Lipinski definition) is 1. The monoisotopic (exact) mass is 225 g/mol. The molecule has 0 spiro atoms. The van der Waals surface area contributed by atoms with Crippen molar-refractivity contribution in [3.63, 3.8) is 0 Å². The first-order valence-electron chi connectivity index (χ1n) is 5.91. The molecule has 0 aromatic carbocycles. The number of amides is 2. The molecule has 2 rings (SSSR count). The van der Waals surface area contributed by atoms with Crippen molar-refractivity contribution in [1.82, 2.24) is 15.1 Å². The first-order valence-corrected chi connectivity index (χ1v) is 5.91. The van der Waals surface area contributed by atoms with Crippen LogP contribution in [0, 0.1) is 0 Å². The Morgan fingerprint density at radius 1 is 1.38 bits per heavy atom. The normalized spacial score (nSPS) is 26.9. The Bertz CT molecular complexity index is 285. The van der Waals surface area contributed by atoms with Gasteiger partial charge in [-0.1, -0.05) is 0 Å². The van der Waals surface area contributed by atoms with Crippen molar-refractivity contribution in [1.29, 1.82) is 0 Å². The van der Waals surface area contributed by atoms with E-state index < -0.39 is 0 Å². The molecule has 0 radical (unpaired) electrons. The second-order valence-electron chi connectivity index (χ2n) is 4.69. The fraction of sp³-hybridized carbons (Fsp3) is 0.818. The molecule has 0 bridgehead atoms. The highest BCUT2D eigenvalue weighted by atomic mass is 16.2. The Kier molecular flexibility index (Phi) is 3.43. The van der Waals surface area contributed by atoms with Crippen LogP contribution in [0.1, 0.15) is 19.3 Å². The SMILES string of the molecule is CN1CCN(C(=O)CC2CCC(=O)N2)CC1. The van der Waals surface area contributed by atoms with Gasteiger partial charge in [-0.15, -0.1) is 0 Å². The summed E-state index contributed by atoms with van der Waals surface area (Å²) in [4.78, 5) is 27.1. The molecule has 0 aliphatic carbocycles. The molecule has 2 aliphatic rings. The maximum atomic E-state index is 11.9. The summed E-state index contributed by atoms with van der Waals surface area (Å²) in [5.41, 5.74) is 0. The summed E-state index contributed by atoms with van der Waals surface area (Å²) in [6.07, 6.45) is 1.84. The number of piperazine rings is 1. The molecule has 16 heavy (non-hydrogen) atoms. The highest BCUT2D eigenvalue weighted by Crippen LogP contribution is 2.12. The number of hydrogen-bond acceptors (Lipinski definition) is 3. The molecule has 0 aromatic heterocycles. The summed E-state index contributed by atoms with van der Waals surface area (Å²) in [5.74, 6) is 0.261. The molecule has 1 N–H and O–H groups in total. The highest BCUT2D eigenvalue weighted by molar-refractivity contribution is 5.82. The lowest BCUT2D eigenvalue weighted by atomic mass is 10.1. The minimum Gasteiger partial charge on any atom is -0.353 e. The summed E-state index contributed by atoms with van der Waals surface area (Å²) in [5, 5.41) is 2.84. The van der Waals surface area contributed by atoms with E-state index in [1.54, 1.807) is 0 Å². The van der Waals surface area contributed by atoms with E-state index in [2.05, 4.69) is 17.3 Å². The van der Waals surface area contributed by atoms with Crippen LogP contribution in [0.2, 0.25) is 0 Å². The van der Waals surface area contributed by atoms with E-state index in [1.165, 1.54) is 0 Å². The molecular weight excluding hydrogens is 206 g/mol. The van der Waals surface area contributed by atoms with E-state index in [0.29, 0.717) is 12.8 Å². The van der Waals surface area contributed by atoms with Crippen molar-refractivity contribution < 1.29 is 9.59 Å². The Morgan fingerprint density at radius 3 is 2.62 bits per heavy atom. The zero-order valence-corrected chi connectivity index (χ0v) is 9.74. The second kappa shape index (κ2) is 4.82. The molecule has 0 saturated carbocycles. The molecule has 0 aromatic rings. The third kappa shape index (κ3) is 2.72. The first-order chi connectivity index (χ1) is 7.65. The van der Waals surface area contributed by atoms with E-state index in [-0.39, 0.29) is 17.9 Å². The van der Waals surface area contributed by atoms with Crippen LogP contribution in [0.5, 0.6) is 0 Å². The highest BCUT2D eigenvalue weighted by Gasteiger charge is 2.26. The molecule has 2 saturated heterocycles. The summed E-state index contributed by atoms with van der Waals surface area (Å²) < 4.78 is 0. The lowest BCUT2D eigenvalue weighted by molar-refractivity contribution is -0.133. The molecule has 2 fully saturated rings. The quantitative estimate of drug-likeness (QED) is 0.684. The standard InChI is InChI=1S/C11H19N3O2/c1-13-4-6-14(7-5-13)11(16)8-9-2-3-10(15)12-9/h9H,2-8H2,1H3,(H,12,15). The molecule has 5 heteroatoms. The number of nitrogens with zero attached hydrogens (tertiary/aromatic N) is 2. The Morgan fingerprint density at radius 2 is 2.06 bits per heavy atom. The Balaban J connectivity index is 1.77. The largest absolute Gasteiger partial charge is 0.353 e. The van der Waals surface area contributed by atoms with Crippen molar-refractivity contribution in [3.8, 4) is 0 Å². The maximum Gasteiger partial charge on any atom is 0.224 e. The van der Waals surface area contributed by atoms with Crippen LogP contribution < -0.4 is 5.32 Å². The predicted molar refractivity (Wildman–Crippen MR) is 59.9 cm³/mol. The van der Waals surface area contributed by atoms with Gasteiger partial charge >= 0.3 is 0 Å². The molecule has 2 heterocycles. The molecule has 1 unspecified atom stereocenters. The number of nitrogens with one attached hydrogen (secondary N) is 1. The lowest BCUT2D eigenvalue weighted by Crippen LogP contribution is -2.48. The fourth-order valence-corrected chi connectivity index (χ4v) is 2.23. The van der Waals surface area contributed by atoms with E-state index in [1.807, 2.05) is 4.90 Å². The summed E-state index contributed by atoms with van der Waals surface area (Å²) >= 11 is 0. The van der Waals surface area contributed by atoms with Gasteiger partial charge in [0.05, 0.1) is 0 Å². The van der Waals surface area contributed by atoms with Crippen molar-refractivity contribution in [2.45, 2.75) is 25.3 Å². The van der Waals surface area contributed by atoms with Crippen LogP contribution >= 0.6 is 0 Å². The van der Waals surface area contributed by atoms with Gasteiger partial charge in [0.25, 0.3) is 0 Å². The van der Waals surface area contributed by atoms with Crippen LogP contribution in [-0.2, 0) is 9.59 Å². The van der Waals surface area contributed by atoms with Gasteiger partial charge in [-0.3, -0.25) is 9.59 Å². The minimum atomic E-state index is 0.0691. The van der Waals surface area contributed by atoms with E-state index in [0.717, 1.165) is 32.6 Å². The topological polar surface area (TPSA) is 52.7 Å². The lowest BCUT2D eigenvalue weighted by Gasteiger charge is -2.33. The van der Waals surface area contributed by atoms with Gasteiger partial charge in [-0.05, 0) is 13.5 Å². The van der Waals surface area contributed by atoms with Crippen LogP contribution in [0.4, 0.5) is 0 Å². The average Bonchev–Trinajstić information content (AvgIpc) is 2.65.